The predicted octanol–water partition coefficient (Wildman–Crippen LogP) is 2.06. The topological polar surface area (TPSA) is 192 Å². The standard InChI is InChI=1S/C17H14N6O8S/c1-21(2)32(29,30)14-5-3-10(4-6-14)16-19-20-17(31-16)18-15(24)11-7-12(22(25)26)9-13(8-11)23(27)28/h3-9H,1-2H3,(H,18,20,24). The van der Waals surface area contributed by atoms with Gasteiger partial charge in [-0.1, -0.05) is 5.10 Å². The number of nitrogens with zero attached hydrogens (tertiary/aromatic N) is 5. The first kappa shape index (κ1) is 22.4. The lowest BCUT2D eigenvalue weighted by Gasteiger charge is -2.11. The molecule has 0 aliphatic heterocycles. The minimum atomic E-state index is -3.62. The zero-order chi connectivity index (χ0) is 23.6. The number of carbonyl (C=O) groups excluding carboxylic acids is 1. The number of amides is 1. The molecule has 32 heavy (non-hydrogen) atoms. The van der Waals surface area contributed by atoms with Crippen LogP contribution in [0.4, 0.5) is 17.4 Å². The van der Waals surface area contributed by atoms with Gasteiger partial charge in [0.2, 0.25) is 15.9 Å². The van der Waals surface area contributed by atoms with E-state index in [1.54, 1.807) is 0 Å². The Balaban J connectivity index is 1.82. The van der Waals surface area contributed by atoms with Gasteiger partial charge >= 0.3 is 6.01 Å². The Kier molecular flexibility index (Phi) is 5.95. The molecule has 15 heteroatoms. The van der Waals surface area contributed by atoms with Crippen molar-refractivity contribution in [2.24, 2.45) is 0 Å². The van der Waals surface area contributed by atoms with Crippen molar-refractivity contribution < 1.29 is 27.5 Å². The third kappa shape index (κ3) is 4.57. The molecule has 1 aromatic heterocycles. The highest BCUT2D eigenvalue weighted by molar-refractivity contribution is 7.89. The summed E-state index contributed by atoms with van der Waals surface area (Å²) in [7, 11) is -0.833. The Bertz CT molecular complexity index is 1280. The summed E-state index contributed by atoms with van der Waals surface area (Å²) >= 11 is 0. The van der Waals surface area contributed by atoms with E-state index >= 15 is 0 Å². The number of hydrogen-bond donors (Lipinski definition) is 1. The first-order chi connectivity index (χ1) is 15.0. The van der Waals surface area contributed by atoms with Gasteiger partial charge < -0.3 is 4.42 Å². The normalized spacial score (nSPS) is 11.3. The fourth-order valence-corrected chi connectivity index (χ4v) is 3.38. The van der Waals surface area contributed by atoms with Crippen LogP contribution in [0.5, 0.6) is 0 Å². The largest absolute Gasteiger partial charge is 0.403 e. The summed E-state index contributed by atoms with van der Waals surface area (Å²) in [6.07, 6.45) is 0. The van der Waals surface area contributed by atoms with Crippen LogP contribution >= 0.6 is 0 Å². The highest BCUT2D eigenvalue weighted by atomic mass is 32.2. The second kappa shape index (κ2) is 8.48. The summed E-state index contributed by atoms with van der Waals surface area (Å²) in [6, 6.07) is 7.63. The maximum Gasteiger partial charge on any atom is 0.322 e. The second-order valence-corrected chi connectivity index (χ2v) is 8.58. The van der Waals surface area contributed by atoms with E-state index in [4.69, 9.17) is 4.42 Å². The van der Waals surface area contributed by atoms with Crippen molar-refractivity contribution in [3.63, 3.8) is 0 Å². The first-order valence-electron chi connectivity index (χ1n) is 8.60. The van der Waals surface area contributed by atoms with Gasteiger partial charge in [-0.2, -0.15) is 0 Å². The molecule has 3 aromatic rings. The quantitative estimate of drug-likeness (QED) is 0.401. The third-order valence-electron chi connectivity index (χ3n) is 4.11. The zero-order valence-electron chi connectivity index (χ0n) is 16.5. The first-order valence-corrected chi connectivity index (χ1v) is 10.0. The van der Waals surface area contributed by atoms with Crippen LogP contribution in [0.3, 0.4) is 0 Å². The van der Waals surface area contributed by atoms with Crippen molar-refractivity contribution in [1.82, 2.24) is 14.5 Å². The highest BCUT2D eigenvalue weighted by Gasteiger charge is 2.22. The van der Waals surface area contributed by atoms with Crippen molar-refractivity contribution in [2.45, 2.75) is 4.90 Å². The van der Waals surface area contributed by atoms with E-state index in [2.05, 4.69) is 15.5 Å². The van der Waals surface area contributed by atoms with Gasteiger partial charge in [-0.05, 0) is 24.3 Å². The summed E-state index contributed by atoms with van der Waals surface area (Å²) in [5.41, 5.74) is -1.27. The maximum absolute atomic E-state index is 12.4. The van der Waals surface area contributed by atoms with Gasteiger partial charge in [0.05, 0.1) is 26.4 Å². The van der Waals surface area contributed by atoms with Crippen LogP contribution in [-0.2, 0) is 10.0 Å². The van der Waals surface area contributed by atoms with E-state index in [0.29, 0.717) is 5.56 Å². The lowest BCUT2D eigenvalue weighted by atomic mass is 10.1. The number of nitro benzene ring substituents is 2. The van der Waals surface area contributed by atoms with Gasteiger partial charge in [0.25, 0.3) is 17.3 Å². The molecule has 0 radical (unpaired) electrons. The fraction of sp³-hybridized carbons (Fsp3) is 0.118. The van der Waals surface area contributed by atoms with Gasteiger partial charge in [-0.15, -0.1) is 5.10 Å². The molecule has 1 heterocycles. The highest BCUT2D eigenvalue weighted by Crippen LogP contribution is 2.25. The van der Waals surface area contributed by atoms with E-state index in [-0.39, 0.29) is 22.4 Å². The SMILES string of the molecule is CN(C)S(=O)(=O)c1ccc(-c2nnc(NC(=O)c3cc([N+](=O)[O-])cc([N+](=O)[O-])c3)o2)cc1. The smallest absolute Gasteiger partial charge is 0.322 e. The minimum Gasteiger partial charge on any atom is -0.403 e. The Labute approximate surface area is 179 Å². The number of nitro groups is 2. The number of aromatic nitrogens is 2. The van der Waals surface area contributed by atoms with Gasteiger partial charge in [0.15, 0.2) is 0 Å². The van der Waals surface area contributed by atoms with Gasteiger partial charge in [-0.25, -0.2) is 12.7 Å². The molecule has 1 amide bonds. The van der Waals surface area contributed by atoms with E-state index in [0.717, 1.165) is 22.5 Å². The van der Waals surface area contributed by atoms with Crippen molar-refractivity contribution in [1.29, 1.82) is 0 Å². The number of carbonyl (C=O) groups is 1. The molecule has 0 atom stereocenters. The fourth-order valence-electron chi connectivity index (χ4n) is 2.48. The molecule has 0 aliphatic carbocycles. The summed E-state index contributed by atoms with van der Waals surface area (Å²) < 4.78 is 30.6. The van der Waals surface area contributed by atoms with Crippen LogP contribution in [0.1, 0.15) is 10.4 Å². The van der Waals surface area contributed by atoms with Crippen LogP contribution in [-0.4, -0.2) is 52.8 Å². The number of rotatable bonds is 7. The summed E-state index contributed by atoms with van der Waals surface area (Å²) in [4.78, 5) is 32.6. The molecule has 0 spiro atoms. The number of sulfonamides is 1. The molecule has 3 rings (SSSR count). The lowest BCUT2D eigenvalue weighted by molar-refractivity contribution is -0.394. The van der Waals surface area contributed by atoms with E-state index in [1.807, 2.05) is 0 Å². The monoisotopic (exact) mass is 462 g/mol. The molecule has 2 aromatic carbocycles. The third-order valence-corrected chi connectivity index (χ3v) is 5.94. The predicted molar refractivity (Wildman–Crippen MR) is 108 cm³/mol. The summed E-state index contributed by atoms with van der Waals surface area (Å²) in [5, 5.41) is 31.5. The second-order valence-electron chi connectivity index (χ2n) is 6.43. The molecule has 14 nitrogen and oxygen atoms in total. The van der Waals surface area contributed by atoms with Crippen molar-refractivity contribution in [2.75, 3.05) is 19.4 Å². The number of anilines is 1. The van der Waals surface area contributed by atoms with Crippen LogP contribution in [0.25, 0.3) is 11.5 Å². The van der Waals surface area contributed by atoms with Crippen LogP contribution in [0, 0.1) is 20.2 Å². The molecule has 0 fully saturated rings. The Morgan fingerprint density at radius 1 is 1.00 bits per heavy atom. The van der Waals surface area contributed by atoms with Crippen LogP contribution in [0.2, 0.25) is 0 Å². The molecular formula is C17H14N6O8S. The van der Waals surface area contributed by atoms with Gasteiger partial charge in [0, 0.05) is 31.8 Å². The van der Waals surface area contributed by atoms with Crippen molar-refractivity contribution in [3.8, 4) is 11.5 Å². The average molecular weight is 462 g/mol. The summed E-state index contributed by atoms with van der Waals surface area (Å²) in [5.74, 6) is -0.987. The van der Waals surface area contributed by atoms with Crippen LogP contribution in [0.15, 0.2) is 51.8 Å². The summed E-state index contributed by atoms with van der Waals surface area (Å²) in [6.45, 7) is 0. The molecular weight excluding hydrogens is 448 g/mol. The minimum absolute atomic E-state index is 0.0425. The Hall–Kier alpha value is -4.24. The number of nitrogens with one attached hydrogen (secondary N) is 1. The number of benzene rings is 2. The Morgan fingerprint density at radius 2 is 1.56 bits per heavy atom. The molecule has 1 N–H and O–H groups in total. The van der Waals surface area contributed by atoms with Crippen molar-refractivity contribution >= 4 is 33.3 Å². The van der Waals surface area contributed by atoms with E-state index < -0.39 is 37.2 Å². The van der Waals surface area contributed by atoms with Crippen molar-refractivity contribution in [3.05, 3.63) is 68.3 Å². The van der Waals surface area contributed by atoms with Gasteiger partial charge in [-0.3, -0.25) is 30.3 Å². The molecule has 0 bridgehead atoms. The molecule has 0 saturated carbocycles. The van der Waals surface area contributed by atoms with Gasteiger partial charge in [0.1, 0.15) is 0 Å². The Morgan fingerprint density at radius 3 is 2.06 bits per heavy atom. The number of hydrogen-bond acceptors (Lipinski definition) is 10. The zero-order valence-corrected chi connectivity index (χ0v) is 17.3. The lowest BCUT2D eigenvalue weighted by Crippen LogP contribution is -2.22. The van der Waals surface area contributed by atoms with E-state index in [9.17, 15) is 33.4 Å². The number of non-ortho nitro benzene ring substituents is 2. The molecule has 0 saturated heterocycles. The maximum atomic E-state index is 12.4. The molecule has 0 unspecified atom stereocenters. The van der Waals surface area contributed by atoms with E-state index in [1.165, 1.54) is 38.4 Å². The molecule has 166 valence electrons. The average Bonchev–Trinajstić information content (AvgIpc) is 3.21. The van der Waals surface area contributed by atoms with Crippen LogP contribution < -0.4 is 5.32 Å². The molecule has 0 aliphatic rings.